The van der Waals surface area contributed by atoms with Crippen LogP contribution < -0.4 is 20.4 Å². The Kier molecular flexibility index (Phi) is 5.90. The Bertz CT molecular complexity index is 1230. The summed E-state index contributed by atoms with van der Waals surface area (Å²) in [6.45, 7) is 12.1. The van der Waals surface area contributed by atoms with Gasteiger partial charge in [0.25, 0.3) is 0 Å². The number of hydrogen-bond donors (Lipinski definition) is 2. The van der Waals surface area contributed by atoms with Crippen LogP contribution in [-0.2, 0) is 10.3 Å². The van der Waals surface area contributed by atoms with E-state index in [1.165, 1.54) is 11.4 Å². The summed E-state index contributed by atoms with van der Waals surface area (Å²) in [5, 5.41) is 6.84. The second kappa shape index (κ2) is 9.22. The topological polar surface area (TPSA) is 69.7 Å². The van der Waals surface area contributed by atoms with Crippen LogP contribution in [0.2, 0.25) is 0 Å². The molecule has 0 radical (unpaired) electrons. The highest BCUT2D eigenvalue weighted by atomic mass is 16.6. The van der Waals surface area contributed by atoms with Crippen molar-refractivity contribution in [3.63, 3.8) is 0 Å². The number of pyridine rings is 1. The zero-order chi connectivity index (χ0) is 24.7. The van der Waals surface area contributed by atoms with Crippen molar-refractivity contribution >= 4 is 17.3 Å². The molecule has 0 atom stereocenters. The SMILES string of the molecule is Cc1cc(N2CCNCC2)ccc1C1(c2ccc(N3CCNCC3)cc2C)OC(=O)c2cccnc21. The third-order valence-corrected chi connectivity index (χ3v) is 7.75. The molecule has 2 N–H and O–H groups in total. The number of cyclic esters (lactones) is 1. The van der Waals surface area contributed by atoms with Gasteiger partial charge in [-0.3, -0.25) is 4.98 Å². The van der Waals surface area contributed by atoms with Crippen LogP contribution in [0, 0.1) is 13.8 Å². The molecule has 6 rings (SSSR count). The molecule has 2 aromatic carbocycles. The van der Waals surface area contributed by atoms with Crippen molar-refractivity contribution < 1.29 is 9.53 Å². The number of fused-ring (bicyclic) bond motifs is 1. The molecular formula is C29H33N5O2. The van der Waals surface area contributed by atoms with Gasteiger partial charge in [0.15, 0.2) is 0 Å². The number of carbonyl (C=O) groups excluding carboxylic acids is 1. The number of hydrogen-bond acceptors (Lipinski definition) is 7. The Balaban J connectivity index is 1.49. The number of benzene rings is 2. The van der Waals surface area contributed by atoms with E-state index < -0.39 is 5.60 Å². The number of rotatable bonds is 4. The molecule has 0 unspecified atom stereocenters. The zero-order valence-electron chi connectivity index (χ0n) is 21.0. The number of nitrogens with one attached hydrogen (secondary N) is 2. The van der Waals surface area contributed by atoms with Gasteiger partial charge in [-0.05, 0) is 61.4 Å². The summed E-state index contributed by atoms with van der Waals surface area (Å²) in [6, 6.07) is 16.7. The zero-order valence-corrected chi connectivity index (χ0v) is 21.0. The molecule has 0 amide bonds. The van der Waals surface area contributed by atoms with Gasteiger partial charge in [-0.1, -0.05) is 12.1 Å². The predicted octanol–water partition coefficient (Wildman–Crippen LogP) is 2.98. The second-order valence-electron chi connectivity index (χ2n) is 9.94. The maximum atomic E-state index is 13.2. The van der Waals surface area contributed by atoms with Gasteiger partial charge in [0.05, 0.1) is 5.56 Å². The quantitative estimate of drug-likeness (QED) is 0.553. The minimum atomic E-state index is -1.08. The van der Waals surface area contributed by atoms with E-state index in [2.05, 4.69) is 70.7 Å². The molecule has 1 aromatic heterocycles. The molecule has 0 aliphatic carbocycles. The standard InChI is InChI=1S/C29H33N5O2/c1-20-18-22(33-14-10-30-11-15-33)5-7-25(20)29(27-24(28(35)36-29)4-3-9-32-27)26-8-6-23(19-21(26)2)34-16-12-31-13-17-34/h3-9,18-19,30-31H,10-17H2,1-2H3. The first kappa shape index (κ1) is 23.0. The van der Waals surface area contributed by atoms with E-state index in [0.29, 0.717) is 11.3 Å². The maximum Gasteiger partial charge on any atom is 0.341 e. The Hall–Kier alpha value is -3.42. The van der Waals surface area contributed by atoms with Crippen LogP contribution in [-0.4, -0.2) is 63.3 Å². The number of nitrogens with zero attached hydrogens (tertiary/aromatic N) is 3. The fraction of sp³-hybridized carbons (Fsp3) is 0.379. The molecule has 3 aliphatic rings. The van der Waals surface area contributed by atoms with Crippen molar-refractivity contribution in [2.75, 3.05) is 62.2 Å². The Labute approximate surface area is 212 Å². The predicted molar refractivity (Wildman–Crippen MR) is 142 cm³/mol. The van der Waals surface area contributed by atoms with E-state index in [4.69, 9.17) is 9.72 Å². The van der Waals surface area contributed by atoms with Crippen LogP contribution in [0.25, 0.3) is 0 Å². The molecule has 7 heteroatoms. The van der Waals surface area contributed by atoms with Crippen molar-refractivity contribution in [2.24, 2.45) is 0 Å². The van der Waals surface area contributed by atoms with Crippen molar-refractivity contribution in [3.05, 3.63) is 88.2 Å². The van der Waals surface area contributed by atoms with E-state index in [1.807, 2.05) is 6.07 Å². The molecule has 2 fully saturated rings. The largest absolute Gasteiger partial charge is 0.439 e. The number of aryl methyl sites for hydroxylation is 2. The first-order valence-electron chi connectivity index (χ1n) is 12.9. The lowest BCUT2D eigenvalue weighted by molar-refractivity contribution is 0.0240. The van der Waals surface area contributed by atoms with Crippen molar-refractivity contribution in [2.45, 2.75) is 19.4 Å². The summed E-state index contributed by atoms with van der Waals surface area (Å²) in [6.07, 6.45) is 1.75. The second-order valence-corrected chi connectivity index (χ2v) is 9.94. The van der Waals surface area contributed by atoms with Crippen LogP contribution in [0.5, 0.6) is 0 Å². The Morgan fingerprint density at radius 1 is 0.806 bits per heavy atom. The van der Waals surface area contributed by atoms with E-state index in [1.54, 1.807) is 12.3 Å². The van der Waals surface area contributed by atoms with Gasteiger partial charge in [0.2, 0.25) is 5.60 Å². The van der Waals surface area contributed by atoms with Crippen LogP contribution in [0.3, 0.4) is 0 Å². The average Bonchev–Trinajstić information content (AvgIpc) is 3.22. The lowest BCUT2D eigenvalue weighted by atomic mass is 9.78. The highest BCUT2D eigenvalue weighted by Crippen LogP contribution is 2.48. The maximum absolute atomic E-state index is 13.2. The van der Waals surface area contributed by atoms with Gasteiger partial charge in [0, 0.05) is 81.1 Å². The van der Waals surface area contributed by atoms with Gasteiger partial charge in [0.1, 0.15) is 5.69 Å². The van der Waals surface area contributed by atoms with Crippen LogP contribution >= 0.6 is 0 Å². The molecule has 3 aromatic rings. The Morgan fingerprint density at radius 2 is 1.33 bits per heavy atom. The third-order valence-electron chi connectivity index (χ3n) is 7.75. The third kappa shape index (κ3) is 3.74. The van der Waals surface area contributed by atoms with E-state index in [0.717, 1.165) is 74.6 Å². The number of esters is 1. The molecular weight excluding hydrogens is 450 g/mol. The summed E-state index contributed by atoms with van der Waals surface area (Å²) in [5.41, 5.74) is 6.63. The summed E-state index contributed by atoms with van der Waals surface area (Å²) in [7, 11) is 0. The summed E-state index contributed by atoms with van der Waals surface area (Å²) in [4.78, 5) is 22.7. The summed E-state index contributed by atoms with van der Waals surface area (Å²) < 4.78 is 6.38. The number of anilines is 2. The van der Waals surface area contributed by atoms with Crippen LogP contribution in [0.15, 0.2) is 54.7 Å². The minimum absolute atomic E-state index is 0.325. The normalized spacial score (nSPS) is 19.2. The highest BCUT2D eigenvalue weighted by molar-refractivity contribution is 5.95. The summed E-state index contributed by atoms with van der Waals surface area (Å²) >= 11 is 0. The molecule has 0 bridgehead atoms. The average molecular weight is 484 g/mol. The lowest BCUT2D eigenvalue weighted by Gasteiger charge is -2.35. The van der Waals surface area contributed by atoms with E-state index >= 15 is 0 Å². The number of aromatic nitrogens is 1. The molecule has 3 aliphatic heterocycles. The van der Waals surface area contributed by atoms with Crippen molar-refractivity contribution in [1.29, 1.82) is 0 Å². The minimum Gasteiger partial charge on any atom is -0.439 e. The number of carbonyl (C=O) groups is 1. The summed E-state index contributed by atoms with van der Waals surface area (Å²) in [5.74, 6) is -0.325. The van der Waals surface area contributed by atoms with Gasteiger partial charge < -0.3 is 25.2 Å². The number of ether oxygens (including phenoxy) is 1. The smallest absolute Gasteiger partial charge is 0.341 e. The van der Waals surface area contributed by atoms with Crippen LogP contribution in [0.4, 0.5) is 11.4 Å². The van der Waals surface area contributed by atoms with Crippen molar-refractivity contribution in [1.82, 2.24) is 15.6 Å². The molecule has 0 saturated carbocycles. The molecule has 0 spiro atoms. The molecule has 7 nitrogen and oxygen atoms in total. The Morgan fingerprint density at radius 3 is 1.83 bits per heavy atom. The van der Waals surface area contributed by atoms with Crippen LogP contribution in [0.1, 0.15) is 38.3 Å². The van der Waals surface area contributed by atoms with Gasteiger partial charge >= 0.3 is 5.97 Å². The fourth-order valence-electron chi connectivity index (χ4n) is 5.93. The fourth-order valence-corrected chi connectivity index (χ4v) is 5.93. The van der Waals surface area contributed by atoms with Crippen molar-refractivity contribution in [3.8, 4) is 0 Å². The lowest BCUT2D eigenvalue weighted by Crippen LogP contribution is -2.43. The highest BCUT2D eigenvalue weighted by Gasteiger charge is 2.51. The monoisotopic (exact) mass is 483 g/mol. The van der Waals surface area contributed by atoms with E-state index in [9.17, 15) is 4.79 Å². The first-order chi connectivity index (χ1) is 17.6. The van der Waals surface area contributed by atoms with Gasteiger partial charge in [-0.25, -0.2) is 4.79 Å². The van der Waals surface area contributed by atoms with Gasteiger partial charge in [-0.2, -0.15) is 0 Å². The van der Waals surface area contributed by atoms with Gasteiger partial charge in [-0.15, -0.1) is 0 Å². The van der Waals surface area contributed by atoms with E-state index in [-0.39, 0.29) is 5.97 Å². The molecule has 2 saturated heterocycles. The molecule has 4 heterocycles. The molecule has 186 valence electrons. The first-order valence-corrected chi connectivity index (χ1v) is 12.9. The number of piperazine rings is 2. The molecule has 36 heavy (non-hydrogen) atoms.